The molecule has 9 heteroatoms. The Hall–Kier alpha value is -1.94. The van der Waals surface area contributed by atoms with E-state index in [0.717, 1.165) is 12.1 Å². The lowest BCUT2D eigenvalue weighted by Crippen LogP contribution is -2.23. The first-order chi connectivity index (χ1) is 11.9. The maximum Gasteiger partial charge on any atom is 0.241 e. The fourth-order valence-electron chi connectivity index (χ4n) is 2.02. The number of carbonyl (C=O) groups excluding carboxylic acids is 1. The van der Waals surface area contributed by atoms with Gasteiger partial charge in [-0.05, 0) is 41.8 Å². The zero-order valence-electron chi connectivity index (χ0n) is 12.5. The third kappa shape index (κ3) is 4.01. The van der Waals surface area contributed by atoms with Crippen molar-refractivity contribution in [2.45, 2.75) is 11.4 Å². The van der Waals surface area contributed by atoms with Crippen LogP contribution in [-0.4, -0.2) is 14.2 Å². The molecule has 4 nitrogen and oxygen atoms in total. The molecule has 0 saturated heterocycles. The first-order valence-corrected chi connectivity index (χ1v) is 10.2. The summed E-state index contributed by atoms with van der Waals surface area (Å²) in [6, 6.07) is 9.15. The van der Waals surface area contributed by atoms with Crippen LogP contribution in [0.15, 0.2) is 52.7 Å². The second-order valence-electron chi connectivity index (χ2n) is 4.97. The van der Waals surface area contributed by atoms with Crippen molar-refractivity contribution in [2.75, 3.05) is 0 Å². The number of carbonyl (C=O) groups is 1. The summed E-state index contributed by atoms with van der Waals surface area (Å²) >= 11 is 2.51. The Bertz CT molecular complexity index is 1010. The molecule has 0 spiro atoms. The number of rotatable bonds is 6. The molecule has 1 aromatic carbocycles. The van der Waals surface area contributed by atoms with E-state index in [9.17, 15) is 22.0 Å². The second-order valence-corrected chi connectivity index (χ2v) is 8.86. The average Bonchev–Trinajstić information content (AvgIpc) is 3.26. The van der Waals surface area contributed by atoms with Gasteiger partial charge in [-0.2, -0.15) is 0 Å². The highest BCUT2D eigenvalue weighted by Gasteiger charge is 2.18. The zero-order chi connectivity index (χ0) is 18.0. The van der Waals surface area contributed by atoms with Gasteiger partial charge >= 0.3 is 0 Å². The molecule has 2 aromatic heterocycles. The Morgan fingerprint density at radius 3 is 2.52 bits per heavy atom. The van der Waals surface area contributed by atoms with E-state index >= 15 is 0 Å². The zero-order valence-corrected chi connectivity index (χ0v) is 15.0. The van der Waals surface area contributed by atoms with Crippen molar-refractivity contribution in [3.63, 3.8) is 0 Å². The number of thiophene rings is 2. The minimum absolute atomic E-state index is 0.0519. The van der Waals surface area contributed by atoms with E-state index in [-0.39, 0.29) is 17.2 Å². The van der Waals surface area contributed by atoms with Crippen LogP contribution in [0.1, 0.15) is 19.4 Å². The summed E-state index contributed by atoms with van der Waals surface area (Å²) in [5.74, 6) is -2.47. The summed E-state index contributed by atoms with van der Waals surface area (Å²) in [6.07, 6.45) is 0. The quantitative estimate of drug-likeness (QED) is 0.642. The first kappa shape index (κ1) is 17.9. The third-order valence-electron chi connectivity index (χ3n) is 3.27. The maximum atomic E-state index is 13.2. The molecule has 0 unspecified atom stereocenters. The number of hydrogen-bond donors (Lipinski definition) is 1. The van der Waals surface area contributed by atoms with E-state index in [1.54, 1.807) is 29.6 Å². The van der Waals surface area contributed by atoms with Gasteiger partial charge in [-0.25, -0.2) is 21.9 Å². The smallest absolute Gasteiger partial charge is 0.241 e. The predicted molar refractivity (Wildman–Crippen MR) is 92.5 cm³/mol. The molecule has 0 aliphatic carbocycles. The lowest BCUT2D eigenvalue weighted by Gasteiger charge is -2.06. The van der Waals surface area contributed by atoms with Gasteiger partial charge in [0.25, 0.3) is 0 Å². The molecule has 3 aromatic rings. The van der Waals surface area contributed by atoms with Crippen LogP contribution in [0.3, 0.4) is 0 Å². The van der Waals surface area contributed by atoms with Crippen LogP contribution in [0.4, 0.5) is 8.78 Å². The molecule has 3 rings (SSSR count). The lowest BCUT2D eigenvalue weighted by molar-refractivity contribution is 0.104. The maximum absolute atomic E-state index is 13.2. The van der Waals surface area contributed by atoms with Crippen molar-refractivity contribution in [3.8, 4) is 0 Å². The molecule has 0 bridgehead atoms. The fraction of sp³-hybridized carbons (Fsp3) is 0.0625. The topological polar surface area (TPSA) is 63.2 Å². The minimum atomic E-state index is -3.98. The van der Waals surface area contributed by atoms with Crippen molar-refractivity contribution < 1.29 is 22.0 Å². The Labute approximate surface area is 150 Å². The standard InChI is InChI=1S/C16H11F2NO3S3/c17-12-5-4-11(8-13(12)18)25(21,22)19-9-10-3-6-15(24-10)16(20)14-2-1-7-23-14/h1-8,19H,9H2. The van der Waals surface area contributed by atoms with Gasteiger partial charge in [0, 0.05) is 11.4 Å². The molecular formula is C16H11F2NO3S3. The van der Waals surface area contributed by atoms with Crippen LogP contribution in [0, 0.1) is 11.6 Å². The van der Waals surface area contributed by atoms with Gasteiger partial charge in [0.1, 0.15) is 0 Å². The number of ketones is 1. The summed E-state index contributed by atoms with van der Waals surface area (Å²) in [7, 11) is -3.98. The van der Waals surface area contributed by atoms with Crippen molar-refractivity contribution in [1.29, 1.82) is 0 Å². The molecule has 0 fully saturated rings. The molecule has 130 valence electrons. The average molecular weight is 399 g/mol. The number of sulfonamides is 1. The van der Waals surface area contributed by atoms with Gasteiger partial charge in [-0.3, -0.25) is 4.79 Å². The van der Waals surface area contributed by atoms with Gasteiger partial charge < -0.3 is 0 Å². The fourth-order valence-corrected chi connectivity index (χ4v) is 4.77. The predicted octanol–water partition coefficient (Wildman–Crippen LogP) is 3.80. The van der Waals surface area contributed by atoms with Crippen LogP contribution in [0.2, 0.25) is 0 Å². The van der Waals surface area contributed by atoms with Crippen LogP contribution < -0.4 is 4.72 Å². The highest BCUT2D eigenvalue weighted by atomic mass is 32.2. The first-order valence-electron chi connectivity index (χ1n) is 6.98. The van der Waals surface area contributed by atoms with Gasteiger partial charge in [-0.1, -0.05) is 6.07 Å². The van der Waals surface area contributed by atoms with Crippen molar-refractivity contribution >= 4 is 38.5 Å². The van der Waals surface area contributed by atoms with Gasteiger partial charge in [0.15, 0.2) is 11.6 Å². The minimum Gasteiger partial charge on any atom is -0.287 e. The van der Waals surface area contributed by atoms with Gasteiger partial charge in [0.05, 0.1) is 14.6 Å². The number of nitrogens with one attached hydrogen (secondary N) is 1. The molecule has 1 N–H and O–H groups in total. The second kappa shape index (κ2) is 7.12. The number of benzene rings is 1. The van der Waals surface area contributed by atoms with E-state index in [1.807, 2.05) is 0 Å². The van der Waals surface area contributed by atoms with Crippen LogP contribution in [0.25, 0.3) is 0 Å². The highest BCUT2D eigenvalue weighted by molar-refractivity contribution is 7.89. The Balaban J connectivity index is 1.71. The summed E-state index contributed by atoms with van der Waals surface area (Å²) < 4.78 is 52.7. The molecule has 25 heavy (non-hydrogen) atoms. The van der Waals surface area contributed by atoms with Gasteiger partial charge in [-0.15, -0.1) is 22.7 Å². The molecule has 0 atom stereocenters. The summed E-state index contributed by atoms with van der Waals surface area (Å²) in [4.78, 5) is 13.6. The molecule has 0 saturated carbocycles. The van der Waals surface area contributed by atoms with Crippen molar-refractivity contribution in [2.24, 2.45) is 0 Å². The van der Waals surface area contributed by atoms with E-state index in [4.69, 9.17) is 0 Å². The summed E-state index contributed by atoms with van der Waals surface area (Å²) in [5, 5.41) is 1.80. The van der Waals surface area contributed by atoms with Crippen LogP contribution in [-0.2, 0) is 16.6 Å². The van der Waals surface area contributed by atoms with Crippen molar-refractivity contribution in [3.05, 3.63) is 74.1 Å². The SMILES string of the molecule is O=C(c1cccs1)c1ccc(CNS(=O)(=O)c2ccc(F)c(F)c2)s1. The van der Waals surface area contributed by atoms with Gasteiger partial charge in [0.2, 0.25) is 15.8 Å². The summed E-state index contributed by atoms with van der Waals surface area (Å²) in [5.41, 5.74) is 0. The van der Waals surface area contributed by atoms with E-state index in [1.165, 1.54) is 22.7 Å². The Morgan fingerprint density at radius 1 is 1.04 bits per heavy atom. The molecule has 0 aliphatic heterocycles. The molecule has 0 radical (unpaired) electrons. The molecule has 2 heterocycles. The van der Waals surface area contributed by atoms with E-state index in [0.29, 0.717) is 20.7 Å². The molecular weight excluding hydrogens is 388 g/mol. The number of halogens is 2. The monoisotopic (exact) mass is 399 g/mol. The lowest BCUT2D eigenvalue weighted by atomic mass is 10.3. The normalized spacial score (nSPS) is 11.6. The summed E-state index contributed by atoms with van der Waals surface area (Å²) in [6.45, 7) is -0.0519. The van der Waals surface area contributed by atoms with Crippen molar-refractivity contribution in [1.82, 2.24) is 4.72 Å². The highest BCUT2D eigenvalue weighted by Crippen LogP contribution is 2.23. The van der Waals surface area contributed by atoms with E-state index < -0.39 is 21.7 Å². The largest absolute Gasteiger partial charge is 0.287 e. The third-order valence-corrected chi connectivity index (χ3v) is 6.62. The Kier molecular flexibility index (Phi) is 5.09. The number of hydrogen-bond acceptors (Lipinski definition) is 5. The van der Waals surface area contributed by atoms with Crippen LogP contribution in [0.5, 0.6) is 0 Å². The molecule has 0 aliphatic rings. The molecule has 0 amide bonds. The van der Waals surface area contributed by atoms with Crippen LogP contribution >= 0.6 is 22.7 Å². The Morgan fingerprint density at radius 2 is 1.84 bits per heavy atom. The van der Waals surface area contributed by atoms with E-state index in [2.05, 4.69) is 4.72 Å².